The van der Waals surface area contributed by atoms with Crippen LogP contribution < -0.4 is 0 Å². The second-order valence-electron chi connectivity index (χ2n) is 14.6. The summed E-state index contributed by atoms with van der Waals surface area (Å²) in [5, 5.41) is 0. The van der Waals surface area contributed by atoms with Crippen molar-refractivity contribution in [1.29, 1.82) is 0 Å². The lowest BCUT2D eigenvalue weighted by Gasteiger charge is -2.61. The third-order valence-corrected chi connectivity index (χ3v) is 13.8. The Kier molecular flexibility index (Phi) is 8.54. The van der Waals surface area contributed by atoms with Gasteiger partial charge in [0.15, 0.2) is 0 Å². The molecule has 5 rings (SSSR count). The van der Waals surface area contributed by atoms with Crippen molar-refractivity contribution in [2.24, 2.45) is 46.3 Å². The predicted molar refractivity (Wildman–Crippen MR) is 158 cm³/mol. The standard InChI is InChI=1S/C34H52O5S/c1-22-7-12-28(13-8-22)40(36,37)39-24(3)10-9-23(2)30-15-16-31-29-14-11-26-21-27(38-25(4)35)17-19-33(26,5)32(29)18-20-34(30,31)6/h7-8,12-13,23-24,26-27,29-32H,9-11,14-21H2,1-6H3. The van der Waals surface area contributed by atoms with E-state index in [4.69, 9.17) is 8.92 Å². The van der Waals surface area contributed by atoms with Gasteiger partial charge in [-0.15, -0.1) is 0 Å². The first-order chi connectivity index (χ1) is 18.8. The van der Waals surface area contributed by atoms with Gasteiger partial charge in [-0.05, 0) is 143 Å². The maximum absolute atomic E-state index is 12.8. The van der Waals surface area contributed by atoms with Gasteiger partial charge in [-0.1, -0.05) is 38.5 Å². The van der Waals surface area contributed by atoms with E-state index in [-0.39, 0.29) is 23.1 Å². The molecule has 10 atom stereocenters. The van der Waals surface area contributed by atoms with E-state index in [9.17, 15) is 13.2 Å². The summed E-state index contributed by atoms with van der Waals surface area (Å²) in [5.41, 5.74) is 1.81. The smallest absolute Gasteiger partial charge is 0.302 e. The minimum Gasteiger partial charge on any atom is -0.463 e. The first kappa shape index (κ1) is 30.1. The molecule has 1 aromatic carbocycles. The molecular weight excluding hydrogens is 520 g/mol. The molecular formula is C34H52O5S. The average molecular weight is 573 g/mol. The number of aryl methyl sites for hydroxylation is 1. The largest absolute Gasteiger partial charge is 0.463 e. The molecule has 4 fully saturated rings. The SMILES string of the molecule is CC(=O)OC1CCC2(C)C(CCC3C2CCC2(C)C(C(C)CCC(C)OS(=O)(=O)c4ccc(C)cc4)CCC32)C1. The first-order valence-electron chi connectivity index (χ1n) is 16.0. The minimum absolute atomic E-state index is 0.121. The average Bonchev–Trinajstić information content (AvgIpc) is 3.24. The molecule has 10 unspecified atom stereocenters. The third-order valence-electron chi connectivity index (χ3n) is 12.3. The van der Waals surface area contributed by atoms with E-state index in [0.29, 0.717) is 28.6 Å². The number of carbonyl (C=O) groups is 1. The van der Waals surface area contributed by atoms with Gasteiger partial charge >= 0.3 is 5.97 Å². The van der Waals surface area contributed by atoms with E-state index in [1.54, 1.807) is 19.1 Å². The number of ether oxygens (including phenoxy) is 1. The van der Waals surface area contributed by atoms with Gasteiger partial charge in [-0.25, -0.2) is 0 Å². The van der Waals surface area contributed by atoms with Crippen LogP contribution in [0.5, 0.6) is 0 Å². The van der Waals surface area contributed by atoms with E-state index in [1.807, 2.05) is 26.0 Å². The van der Waals surface area contributed by atoms with E-state index in [1.165, 1.54) is 44.9 Å². The Morgan fingerprint density at radius 1 is 0.925 bits per heavy atom. The summed E-state index contributed by atoms with van der Waals surface area (Å²) in [6.45, 7) is 13.0. The summed E-state index contributed by atoms with van der Waals surface area (Å²) in [7, 11) is -3.74. The second-order valence-corrected chi connectivity index (χ2v) is 16.2. The number of hydrogen-bond donors (Lipinski definition) is 0. The lowest BCUT2D eigenvalue weighted by atomic mass is 9.44. The Labute approximate surface area is 243 Å². The zero-order valence-electron chi connectivity index (χ0n) is 25.7. The zero-order chi connectivity index (χ0) is 28.9. The van der Waals surface area contributed by atoms with Gasteiger partial charge in [0, 0.05) is 6.92 Å². The van der Waals surface area contributed by atoms with Gasteiger partial charge in [-0.3, -0.25) is 8.98 Å². The van der Waals surface area contributed by atoms with Crippen molar-refractivity contribution in [1.82, 2.24) is 0 Å². The molecule has 0 heterocycles. The van der Waals surface area contributed by atoms with Crippen molar-refractivity contribution in [2.75, 3.05) is 0 Å². The molecule has 0 bridgehead atoms. The van der Waals surface area contributed by atoms with E-state index in [0.717, 1.165) is 49.0 Å². The van der Waals surface area contributed by atoms with Gasteiger partial charge in [-0.2, -0.15) is 8.42 Å². The van der Waals surface area contributed by atoms with Crippen LogP contribution in [-0.4, -0.2) is 26.6 Å². The van der Waals surface area contributed by atoms with E-state index < -0.39 is 10.1 Å². The molecule has 5 nitrogen and oxygen atoms in total. The van der Waals surface area contributed by atoms with Crippen LogP contribution in [0.1, 0.15) is 111 Å². The summed E-state index contributed by atoms with van der Waals surface area (Å²) in [5.74, 6) is 4.25. The molecule has 0 N–H and O–H groups in total. The number of rotatable bonds is 8. The zero-order valence-corrected chi connectivity index (χ0v) is 26.5. The second kappa shape index (κ2) is 11.4. The normalized spacial score (nSPS) is 39.0. The van der Waals surface area contributed by atoms with Crippen LogP contribution in [0.3, 0.4) is 0 Å². The van der Waals surface area contributed by atoms with Crippen LogP contribution in [0.15, 0.2) is 29.2 Å². The number of fused-ring (bicyclic) bond motifs is 5. The third kappa shape index (κ3) is 5.65. The Morgan fingerprint density at radius 3 is 2.30 bits per heavy atom. The number of esters is 1. The molecule has 0 spiro atoms. The van der Waals surface area contributed by atoms with Crippen LogP contribution >= 0.6 is 0 Å². The van der Waals surface area contributed by atoms with E-state index in [2.05, 4.69) is 20.8 Å². The highest BCUT2D eigenvalue weighted by molar-refractivity contribution is 7.86. The molecule has 0 radical (unpaired) electrons. The minimum atomic E-state index is -3.74. The number of hydrogen-bond acceptors (Lipinski definition) is 5. The van der Waals surface area contributed by atoms with Gasteiger partial charge in [0.1, 0.15) is 6.10 Å². The van der Waals surface area contributed by atoms with Gasteiger partial charge < -0.3 is 4.74 Å². The Balaban J connectivity index is 1.19. The predicted octanol–water partition coefficient (Wildman–Crippen LogP) is 8.10. The summed E-state index contributed by atoms with van der Waals surface area (Å²) < 4.78 is 36.8. The van der Waals surface area contributed by atoms with Gasteiger partial charge in [0.2, 0.25) is 0 Å². The molecule has 4 saturated carbocycles. The molecule has 0 aliphatic heterocycles. The Hall–Kier alpha value is -1.40. The fraction of sp³-hybridized carbons (Fsp3) is 0.794. The van der Waals surface area contributed by atoms with Crippen molar-refractivity contribution in [2.45, 2.75) is 129 Å². The van der Waals surface area contributed by atoms with Gasteiger partial charge in [0.05, 0.1) is 11.0 Å². The van der Waals surface area contributed by atoms with Crippen LogP contribution in [0.4, 0.5) is 0 Å². The highest BCUT2D eigenvalue weighted by Crippen LogP contribution is 2.68. The quantitative estimate of drug-likeness (QED) is 0.233. The molecule has 4 aliphatic rings. The fourth-order valence-corrected chi connectivity index (χ4v) is 11.4. The van der Waals surface area contributed by atoms with Crippen molar-refractivity contribution < 1.29 is 22.1 Å². The van der Waals surface area contributed by atoms with Crippen molar-refractivity contribution in [3.05, 3.63) is 29.8 Å². The molecule has 1 aromatic rings. The summed E-state index contributed by atoms with van der Waals surface area (Å²) in [4.78, 5) is 11.8. The van der Waals surface area contributed by atoms with E-state index >= 15 is 0 Å². The molecule has 0 amide bonds. The van der Waals surface area contributed by atoms with Gasteiger partial charge in [0.25, 0.3) is 10.1 Å². The highest BCUT2D eigenvalue weighted by atomic mass is 32.2. The maximum atomic E-state index is 12.8. The highest BCUT2D eigenvalue weighted by Gasteiger charge is 2.60. The lowest BCUT2D eigenvalue weighted by molar-refractivity contribution is -0.160. The maximum Gasteiger partial charge on any atom is 0.302 e. The van der Waals surface area contributed by atoms with Crippen molar-refractivity contribution >= 4 is 16.1 Å². The molecule has 40 heavy (non-hydrogen) atoms. The summed E-state index contributed by atoms with van der Waals surface area (Å²) in [6.07, 6.45) is 12.8. The molecule has 0 saturated heterocycles. The Morgan fingerprint density at radius 2 is 1.60 bits per heavy atom. The van der Waals surface area contributed by atoms with Crippen LogP contribution in [0.25, 0.3) is 0 Å². The van der Waals surface area contributed by atoms with Crippen LogP contribution in [0.2, 0.25) is 0 Å². The molecule has 0 aromatic heterocycles. The summed E-state index contributed by atoms with van der Waals surface area (Å²) in [6, 6.07) is 6.90. The number of carbonyl (C=O) groups excluding carboxylic acids is 1. The number of benzene rings is 1. The van der Waals surface area contributed by atoms with Crippen molar-refractivity contribution in [3.8, 4) is 0 Å². The van der Waals surface area contributed by atoms with Crippen LogP contribution in [0, 0.1) is 53.3 Å². The topological polar surface area (TPSA) is 69.7 Å². The lowest BCUT2D eigenvalue weighted by Crippen LogP contribution is -2.54. The van der Waals surface area contributed by atoms with Crippen molar-refractivity contribution in [3.63, 3.8) is 0 Å². The molecule has 6 heteroatoms. The monoisotopic (exact) mass is 572 g/mol. The van der Waals surface area contributed by atoms with Crippen LogP contribution in [-0.2, 0) is 23.8 Å². The fourth-order valence-electron chi connectivity index (χ4n) is 10.3. The molecule has 224 valence electrons. The Bertz CT molecular complexity index is 1160. The first-order valence-corrected chi connectivity index (χ1v) is 17.4. The summed E-state index contributed by atoms with van der Waals surface area (Å²) >= 11 is 0. The molecule has 4 aliphatic carbocycles.